The summed E-state index contributed by atoms with van der Waals surface area (Å²) in [6, 6.07) is 0.449. The van der Waals surface area contributed by atoms with E-state index in [0.29, 0.717) is 12.1 Å². The van der Waals surface area contributed by atoms with Gasteiger partial charge in [-0.15, -0.1) is 0 Å². The van der Waals surface area contributed by atoms with Crippen LogP contribution < -0.4 is 11.3 Å². The summed E-state index contributed by atoms with van der Waals surface area (Å²) >= 11 is 0. The van der Waals surface area contributed by atoms with Crippen molar-refractivity contribution in [2.24, 2.45) is 5.84 Å². The van der Waals surface area contributed by atoms with E-state index in [1.807, 2.05) is 0 Å². The van der Waals surface area contributed by atoms with Gasteiger partial charge in [-0.25, -0.2) is 0 Å². The Bertz CT molecular complexity index is 147. The van der Waals surface area contributed by atoms with Crippen molar-refractivity contribution in [3.8, 4) is 0 Å². The lowest BCUT2D eigenvalue weighted by molar-refractivity contribution is 0.0933. The molecule has 1 aliphatic heterocycles. The Kier molecular flexibility index (Phi) is 6.98. The molecule has 15 heavy (non-hydrogen) atoms. The van der Waals surface area contributed by atoms with Crippen LogP contribution in [0.1, 0.15) is 58.3 Å². The molecule has 0 aromatic carbocycles. The molecule has 3 N–H and O–H groups in total. The van der Waals surface area contributed by atoms with Crippen LogP contribution >= 0.6 is 0 Å². The summed E-state index contributed by atoms with van der Waals surface area (Å²) in [6.45, 7) is 3.18. The minimum absolute atomic E-state index is 0.449. The fourth-order valence-corrected chi connectivity index (χ4v) is 2.23. The van der Waals surface area contributed by atoms with Gasteiger partial charge in [0.25, 0.3) is 0 Å². The Balaban J connectivity index is 2.06. The van der Waals surface area contributed by atoms with Gasteiger partial charge in [0.15, 0.2) is 0 Å². The maximum atomic E-state index is 5.62. The summed E-state index contributed by atoms with van der Waals surface area (Å²) < 4.78 is 5.62. The van der Waals surface area contributed by atoms with E-state index in [4.69, 9.17) is 10.6 Å². The van der Waals surface area contributed by atoms with Gasteiger partial charge in [-0.05, 0) is 25.7 Å². The second kappa shape index (κ2) is 8.08. The number of ether oxygens (including phenoxy) is 1. The van der Waals surface area contributed by atoms with Crippen molar-refractivity contribution in [1.29, 1.82) is 0 Å². The first-order valence-corrected chi connectivity index (χ1v) is 6.44. The van der Waals surface area contributed by atoms with Crippen LogP contribution in [-0.2, 0) is 4.74 Å². The van der Waals surface area contributed by atoms with Gasteiger partial charge < -0.3 is 4.74 Å². The summed E-state index contributed by atoms with van der Waals surface area (Å²) in [7, 11) is 0. The number of unbranched alkanes of at least 4 members (excludes halogenated alkanes) is 3. The Morgan fingerprint density at radius 2 is 2.27 bits per heavy atom. The molecule has 3 heteroatoms. The average molecular weight is 214 g/mol. The predicted molar refractivity (Wildman–Crippen MR) is 63.5 cm³/mol. The van der Waals surface area contributed by atoms with E-state index in [1.165, 1.54) is 44.9 Å². The largest absolute Gasteiger partial charge is 0.378 e. The van der Waals surface area contributed by atoms with E-state index in [2.05, 4.69) is 12.3 Å². The molecule has 0 aromatic heterocycles. The van der Waals surface area contributed by atoms with Crippen molar-refractivity contribution in [3.63, 3.8) is 0 Å². The maximum absolute atomic E-state index is 5.62. The molecule has 2 atom stereocenters. The molecule has 1 aliphatic rings. The first-order valence-electron chi connectivity index (χ1n) is 6.44. The van der Waals surface area contributed by atoms with Crippen LogP contribution in [0.2, 0.25) is 0 Å². The third-order valence-electron chi connectivity index (χ3n) is 3.21. The average Bonchev–Trinajstić information content (AvgIpc) is 2.75. The van der Waals surface area contributed by atoms with E-state index >= 15 is 0 Å². The Morgan fingerprint density at radius 1 is 1.40 bits per heavy atom. The molecule has 1 rings (SSSR count). The van der Waals surface area contributed by atoms with Crippen LogP contribution in [0.4, 0.5) is 0 Å². The summed E-state index contributed by atoms with van der Waals surface area (Å²) in [4.78, 5) is 0. The highest BCUT2D eigenvalue weighted by Crippen LogP contribution is 2.19. The van der Waals surface area contributed by atoms with Crippen LogP contribution in [0, 0.1) is 0 Å². The molecular formula is C12H26N2O. The maximum Gasteiger partial charge on any atom is 0.0591 e. The first-order chi connectivity index (χ1) is 7.36. The third kappa shape index (κ3) is 5.50. The lowest BCUT2D eigenvalue weighted by Crippen LogP contribution is -2.37. The van der Waals surface area contributed by atoms with E-state index in [1.54, 1.807) is 0 Å². The molecular weight excluding hydrogens is 188 g/mol. The van der Waals surface area contributed by atoms with Crippen LogP contribution in [0.25, 0.3) is 0 Å². The van der Waals surface area contributed by atoms with E-state index in [9.17, 15) is 0 Å². The van der Waals surface area contributed by atoms with Crippen LogP contribution in [0.15, 0.2) is 0 Å². The topological polar surface area (TPSA) is 47.3 Å². The summed E-state index contributed by atoms with van der Waals surface area (Å²) in [6.07, 6.45) is 10.4. The van der Waals surface area contributed by atoms with E-state index in [-0.39, 0.29) is 0 Å². The van der Waals surface area contributed by atoms with Crippen molar-refractivity contribution < 1.29 is 4.74 Å². The van der Waals surface area contributed by atoms with Crippen LogP contribution in [-0.4, -0.2) is 18.8 Å². The molecule has 3 nitrogen and oxygen atoms in total. The first kappa shape index (κ1) is 12.9. The molecule has 0 aliphatic carbocycles. The molecule has 0 bridgehead atoms. The van der Waals surface area contributed by atoms with E-state index in [0.717, 1.165) is 13.0 Å². The molecule has 1 fully saturated rings. The van der Waals surface area contributed by atoms with Crippen LogP contribution in [0.3, 0.4) is 0 Å². The second-order valence-electron chi connectivity index (χ2n) is 4.58. The Hall–Kier alpha value is -0.120. The molecule has 2 unspecified atom stereocenters. The molecule has 0 saturated carbocycles. The summed E-state index contributed by atoms with van der Waals surface area (Å²) in [5, 5.41) is 0. The highest BCUT2D eigenvalue weighted by Gasteiger charge is 2.19. The molecule has 0 amide bonds. The summed E-state index contributed by atoms with van der Waals surface area (Å²) in [5.74, 6) is 5.56. The van der Waals surface area contributed by atoms with Crippen molar-refractivity contribution in [3.05, 3.63) is 0 Å². The fraction of sp³-hybridized carbons (Fsp3) is 1.00. The normalized spacial score (nSPS) is 23.2. The molecule has 1 saturated heterocycles. The number of nitrogens with two attached hydrogens (primary N) is 1. The van der Waals surface area contributed by atoms with Gasteiger partial charge in [0.1, 0.15) is 0 Å². The predicted octanol–water partition coefficient (Wildman–Crippen LogP) is 2.36. The second-order valence-corrected chi connectivity index (χ2v) is 4.58. The lowest BCUT2D eigenvalue weighted by atomic mass is 10.0. The Morgan fingerprint density at radius 3 is 2.87 bits per heavy atom. The number of rotatable bonds is 8. The number of hydrogen-bond acceptors (Lipinski definition) is 3. The minimum atomic E-state index is 0.449. The van der Waals surface area contributed by atoms with Gasteiger partial charge in [-0.3, -0.25) is 11.3 Å². The number of hydrogen-bond donors (Lipinski definition) is 2. The van der Waals surface area contributed by atoms with Crippen molar-refractivity contribution in [2.75, 3.05) is 6.61 Å². The standard InChI is InChI=1S/C12H26N2O/c1-2-3-4-5-7-11(14-13)10-12-8-6-9-15-12/h11-12,14H,2-10,13H2,1H3. The third-order valence-corrected chi connectivity index (χ3v) is 3.21. The zero-order valence-corrected chi connectivity index (χ0v) is 10.0. The van der Waals surface area contributed by atoms with Crippen molar-refractivity contribution in [2.45, 2.75) is 70.4 Å². The highest BCUT2D eigenvalue weighted by atomic mass is 16.5. The quantitative estimate of drug-likeness (QED) is 0.370. The summed E-state index contributed by atoms with van der Waals surface area (Å²) in [5.41, 5.74) is 2.93. The molecule has 0 aromatic rings. The molecule has 90 valence electrons. The molecule has 1 heterocycles. The van der Waals surface area contributed by atoms with Gasteiger partial charge in [0.05, 0.1) is 6.10 Å². The monoisotopic (exact) mass is 214 g/mol. The van der Waals surface area contributed by atoms with Gasteiger partial charge >= 0.3 is 0 Å². The lowest BCUT2D eigenvalue weighted by Gasteiger charge is -2.19. The zero-order valence-electron chi connectivity index (χ0n) is 10.0. The van der Waals surface area contributed by atoms with Gasteiger partial charge in [-0.1, -0.05) is 32.6 Å². The minimum Gasteiger partial charge on any atom is -0.378 e. The number of hydrazine groups is 1. The van der Waals surface area contributed by atoms with Crippen LogP contribution in [0.5, 0.6) is 0 Å². The smallest absolute Gasteiger partial charge is 0.0591 e. The van der Waals surface area contributed by atoms with Gasteiger partial charge in [0, 0.05) is 12.6 Å². The molecule has 0 spiro atoms. The van der Waals surface area contributed by atoms with Crippen molar-refractivity contribution >= 4 is 0 Å². The van der Waals surface area contributed by atoms with Gasteiger partial charge in [0.2, 0.25) is 0 Å². The fourth-order valence-electron chi connectivity index (χ4n) is 2.23. The van der Waals surface area contributed by atoms with E-state index < -0.39 is 0 Å². The van der Waals surface area contributed by atoms with Gasteiger partial charge in [-0.2, -0.15) is 0 Å². The highest BCUT2D eigenvalue weighted by molar-refractivity contribution is 4.73. The SMILES string of the molecule is CCCCCCC(CC1CCCO1)NN. The Labute approximate surface area is 93.7 Å². The van der Waals surface area contributed by atoms with Crippen molar-refractivity contribution in [1.82, 2.24) is 5.43 Å². The number of nitrogens with one attached hydrogen (secondary N) is 1. The molecule has 0 radical (unpaired) electrons. The zero-order chi connectivity index (χ0) is 10.9.